The summed E-state index contributed by atoms with van der Waals surface area (Å²) in [5, 5.41) is 12.7. The molecule has 128 valence electrons. The molecule has 1 N–H and O–H groups in total. The first-order chi connectivity index (χ1) is 12.2. The van der Waals surface area contributed by atoms with E-state index in [9.17, 15) is 4.79 Å². The van der Waals surface area contributed by atoms with E-state index in [1.807, 2.05) is 42.5 Å². The fraction of sp³-hybridized carbons (Fsp3) is 0.250. The van der Waals surface area contributed by atoms with Crippen LogP contribution in [0.25, 0.3) is 10.8 Å². The number of benzene rings is 2. The Morgan fingerprint density at radius 3 is 2.48 bits per heavy atom. The molecule has 0 saturated carbocycles. The lowest BCUT2D eigenvalue weighted by Crippen LogP contribution is -2.22. The van der Waals surface area contributed by atoms with Gasteiger partial charge in [-0.25, -0.2) is 0 Å². The number of nitrogens with one attached hydrogen (secondary N) is 1. The molecule has 0 fully saturated rings. The van der Waals surface area contributed by atoms with Crippen LogP contribution in [0.2, 0.25) is 0 Å². The van der Waals surface area contributed by atoms with Crippen molar-refractivity contribution in [2.24, 2.45) is 0 Å². The minimum absolute atomic E-state index is 0.107. The second kappa shape index (κ2) is 7.75. The third kappa shape index (κ3) is 3.76. The van der Waals surface area contributed by atoms with Crippen LogP contribution in [0.1, 0.15) is 25.0 Å². The zero-order valence-corrected chi connectivity index (χ0v) is 14.5. The van der Waals surface area contributed by atoms with Crippen molar-refractivity contribution in [3.05, 3.63) is 59.8 Å². The number of hydrogen-bond donors (Lipinski definition) is 1. The Balaban J connectivity index is 1.73. The van der Waals surface area contributed by atoms with Gasteiger partial charge in [-0.3, -0.25) is 4.79 Å². The lowest BCUT2D eigenvalue weighted by Gasteiger charge is -2.14. The van der Waals surface area contributed by atoms with Crippen LogP contribution < -0.4 is 10.1 Å². The molecule has 2 aromatic carbocycles. The van der Waals surface area contributed by atoms with Gasteiger partial charge in [0.1, 0.15) is 0 Å². The van der Waals surface area contributed by atoms with E-state index in [1.54, 1.807) is 6.20 Å². The van der Waals surface area contributed by atoms with Crippen LogP contribution in [0.5, 0.6) is 5.88 Å². The molecular weight excluding hydrogens is 314 g/mol. The van der Waals surface area contributed by atoms with Crippen molar-refractivity contribution in [2.75, 3.05) is 11.9 Å². The second-order valence-corrected chi connectivity index (χ2v) is 5.73. The Labute approximate surface area is 147 Å². The number of carbonyl (C=O) groups is 1. The summed E-state index contributed by atoms with van der Waals surface area (Å²) in [7, 11) is 0. The summed E-state index contributed by atoms with van der Waals surface area (Å²) < 4.78 is 5.61. The number of ether oxygens (including phenoxy) is 1. The van der Waals surface area contributed by atoms with Gasteiger partial charge in [0.15, 0.2) is 6.61 Å². The maximum Gasteiger partial charge on any atom is 0.262 e. The van der Waals surface area contributed by atoms with Crippen LogP contribution in [-0.2, 0) is 17.6 Å². The SMILES string of the molecule is CCc1cccc(CC)c1NC(=O)COc1nncc2ccccc12. The standard InChI is InChI=1S/C20H21N3O2/c1-3-14-9-7-10-15(4-2)19(14)22-18(24)13-25-20-17-11-6-5-8-16(17)12-21-23-20/h5-12H,3-4,13H2,1-2H3,(H,22,24). The van der Waals surface area contributed by atoms with Gasteiger partial charge in [0.25, 0.3) is 5.91 Å². The zero-order chi connectivity index (χ0) is 17.6. The molecule has 0 atom stereocenters. The number of aromatic nitrogens is 2. The summed E-state index contributed by atoms with van der Waals surface area (Å²) >= 11 is 0. The molecule has 0 unspecified atom stereocenters. The van der Waals surface area contributed by atoms with Crippen molar-refractivity contribution < 1.29 is 9.53 Å². The molecule has 1 aromatic heterocycles. The van der Waals surface area contributed by atoms with E-state index in [0.29, 0.717) is 5.88 Å². The monoisotopic (exact) mass is 335 g/mol. The van der Waals surface area contributed by atoms with Gasteiger partial charge in [-0.05, 0) is 30.0 Å². The van der Waals surface area contributed by atoms with Gasteiger partial charge in [-0.1, -0.05) is 50.2 Å². The van der Waals surface area contributed by atoms with Gasteiger partial charge in [0.05, 0.1) is 6.20 Å². The van der Waals surface area contributed by atoms with Gasteiger partial charge < -0.3 is 10.1 Å². The maximum atomic E-state index is 12.4. The van der Waals surface area contributed by atoms with E-state index in [-0.39, 0.29) is 12.5 Å². The number of amides is 1. The normalized spacial score (nSPS) is 10.6. The number of aryl methyl sites for hydroxylation is 2. The topological polar surface area (TPSA) is 64.1 Å². The maximum absolute atomic E-state index is 12.4. The molecule has 5 nitrogen and oxygen atoms in total. The van der Waals surface area contributed by atoms with Gasteiger partial charge in [0.2, 0.25) is 5.88 Å². The Morgan fingerprint density at radius 1 is 1.04 bits per heavy atom. The number of rotatable bonds is 6. The minimum Gasteiger partial charge on any atom is -0.466 e. The van der Waals surface area contributed by atoms with Crippen molar-refractivity contribution >= 4 is 22.4 Å². The number of anilines is 1. The van der Waals surface area contributed by atoms with E-state index in [0.717, 1.165) is 40.4 Å². The van der Waals surface area contributed by atoms with E-state index in [2.05, 4.69) is 29.4 Å². The zero-order valence-electron chi connectivity index (χ0n) is 14.5. The molecule has 5 heteroatoms. The second-order valence-electron chi connectivity index (χ2n) is 5.73. The fourth-order valence-electron chi connectivity index (χ4n) is 2.82. The van der Waals surface area contributed by atoms with Crippen LogP contribution in [-0.4, -0.2) is 22.7 Å². The van der Waals surface area contributed by atoms with E-state index in [1.165, 1.54) is 0 Å². The minimum atomic E-state index is -0.203. The highest BCUT2D eigenvalue weighted by atomic mass is 16.5. The van der Waals surface area contributed by atoms with Crippen molar-refractivity contribution in [1.29, 1.82) is 0 Å². The van der Waals surface area contributed by atoms with Crippen molar-refractivity contribution in [1.82, 2.24) is 10.2 Å². The highest BCUT2D eigenvalue weighted by Crippen LogP contribution is 2.23. The molecule has 25 heavy (non-hydrogen) atoms. The summed E-state index contributed by atoms with van der Waals surface area (Å²) in [4.78, 5) is 12.4. The van der Waals surface area contributed by atoms with E-state index in [4.69, 9.17) is 4.74 Å². The third-order valence-electron chi connectivity index (χ3n) is 4.14. The lowest BCUT2D eigenvalue weighted by atomic mass is 10.0. The van der Waals surface area contributed by atoms with Gasteiger partial charge in [0, 0.05) is 16.5 Å². The van der Waals surface area contributed by atoms with Crippen molar-refractivity contribution in [3.63, 3.8) is 0 Å². The molecule has 0 aliphatic rings. The Bertz CT molecular complexity index is 865. The quantitative estimate of drug-likeness (QED) is 0.745. The van der Waals surface area contributed by atoms with Crippen LogP contribution >= 0.6 is 0 Å². The number of hydrogen-bond acceptors (Lipinski definition) is 4. The van der Waals surface area contributed by atoms with Crippen LogP contribution in [0, 0.1) is 0 Å². The summed E-state index contributed by atoms with van der Waals surface area (Å²) in [5.41, 5.74) is 3.14. The van der Waals surface area contributed by atoms with Gasteiger partial charge in [-0.2, -0.15) is 5.10 Å². The molecule has 0 aliphatic carbocycles. The van der Waals surface area contributed by atoms with Crippen molar-refractivity contribution in [3.8, 4) is 5.88 Å². The smallest absolute Gasteiger partial charge is 0.262 e. The summed E-state index contributed by atoms with van der Waals surface area (Å²) in [6, 6.07) is 13.8. The molecule has 0 radical (unpaired) electrons. The number of para-hydroxylation sites is 1. The largest absolute Gasteiger partial charge is 0.466 e. The van der Waals surface area contributed by atoms with Gasteiger partial charge >= 0.3 is 0 Å². The summed E-state index contributed by atoms with van der Waals surface area (Å²) in [5.74, 6) is 0.165. The first kappa shape index (κ1) is 16.9. The Kier molecular flexibility index (Phi) is 5.23. The Hall–Kier alpha value is -2.95. The third-order valence-corrected chi connectivity index (χ3v) is 4.14. The molecule has 0 bridgehead atoms. The number of nitrogens with zero attached hydrogens (tertiary/aromatic N) is 2. The van der Waals surface area contributed by atoms with Gasteiger partial charge in [-0.15, -0.1) is 5.10 Å². The molecule has 3 rings (SSSR count). The predicted octanol–water partition coefficient (Wildman–Crippen LogP) is 3.77. The molecule has 0 saturated heterocycles. The Morgan fingerprint density at radius 2 is 1.76 bits per heavy atom. The number of carbonyl (C=O) groups excluding carboxylic acids is 1. The average molecular weight is 335 g/mol. The molecule has 0 aliphatic heterocycles. The van der Waals surface area contributed by atoms with Crippen LogP contribution in [0.3, 0.4) is 0 Å². The average Bonchev–Trinajstić information content (AvgIpc) is 2.66. The van der Waals surface area contributed by atoms with Crippen molar-refractivity contribution in [2.45, 2.75) is 26.7 Å². The predicted molar refractivity (Wildman–Crippen MR) is 98.9 cm³/mol. The first-order valence-electron chi connectivity index (χ1n) is 8.46. The summed E-state index contributed by atoms with van der Waals surface area (Å²) in [6.07, 6.45) is 3.39. The molecule has 1 heterocycles. The molecule has 3 aromatic rings. The number of fused-ring (bicyclic) bond motifs is 1. The fourth-order valence-corrected chi connectivity index (χ4v) is 2.82. The summed E-state index contributed by atoms with van der Waals surface area (Å²) in [6.45, 7) is 4.04. The lowest BCUT2D eigenvalue weighted by molar-refractivity contribution is -0.118. The highest BCUT2D eigenvalue weighted by molar-refractivity contribution is 5.94. The van der Waals surface area contributed by atoms with E-state index < -0.39 is 0 Å². The molecule has 1 amide bonds. The molecule has 0 spiro atoms. The highest BCUT2D eigenvalue weighted by Gasteiger charge is 2.12. The van der Waals surface area contributed by atoms with Crippen LogP contribution in [0.4, 0.5) is 5.69 Å². The van der Waals surface area contributed by atoms with Crippen LogP contribution in [0.15, 0.2) is 48.7 Å². The van der Waals surface area contributed by atoms with E-state index >= 15 is 0 Å². The first-order valence-corrected chi connectivity index (χ1v) is 8.46. The molecular formula is C20H21N3O2.